The van der Waals surface area contributed by atoms with E-state index in [0.29, 0.717) is 38.4 Å². The topological polar surface area (TPSA) is 73.1 Å². The first-order valence-electron chi connectivity index (χ1n) is 7.79. The van der Waals surface area contributed by atoms with Crippen LogP contribution in [0.1, 0.15) is 29.7 Å². The van der Waals surface area contributed by atoms with Crippen molar-refractivity contribution in [1.29, 1.82) is 0 Å². The minimum Gasteiger partial charge on any atom is -0.367 e. The summed E-state index contributed by atoms with van der Waals surface area (Å²) >= 11 is 0. The van der Waals surface area contributed by atoms with Crippen molar-refractivity contribution < 1.29 is 9.53 Å². The van der Waals surface area contributed by atoms with Crippen molar-refractivity contribution in [3.8, 4) is 0 Å². The Morgan fingerprint density at radius 1 is 1.39 bits per heavy atom. The molecule has 1 fully saturated rings. The second-order valence-corrected chi connectivity index (χ2v) is 5.70. The first kappa shape index (κ1) is 15.6. The Bertz CT molecular complexity index is 685. The number of ether oxygens (including phenoxy) is 1. The van der Waals surface area contributed by atoms with E-state index in [1.54, 1.807) is 17.1 Å². The number of amides is 1. The van der Waals surface area contributed by atoms with Crippen LogP contribution in [-0.4, -0.2) is 50.3 Å². The van der Waals surface area contributed by atoms with Crippen molar-refractivity contribution in [1.82, 2.24) is 24.6 Å². The highest BCUT2D eigenvalue weighted by molar-refractivity contribution is 5.76. The molecule has 1 aliphatic heterocycles. The molecular formula is C16H21N5O2. The first-order valence-corrected chi connectivity index (χ1v) is 7.79. The average Bonchev–Trinajstić information content (AvgIpc) is 2.98. The average molecular weight is 315 g/mol. The van der Waals surface area contributed by atoms with Crippen LogP contribution in [-0.2, 0) is 23.0 Å². The van der Waals surface area contributed by atoms with Gasteiger partial charge >= 0.3 is 0 Å². The quantitative estimate of drug-likeness (QED) is 0.843. The minimum absolute atomic E-state index is 0.132. The molecule has 0 spiro atoms. The SMILES string of the molecule is Cc1ccnc(C2CN(C(=O)CCc3ccnn3C)CCO2)n1. The van der Waals surface area contributed by atoms with E-state index in [1.807, 2.05) is 31.0 Å². The maximum Gasteiger partial charge on any atom is 0.223 e. The van der Waals surface area contributed by atoms with Crippen LogP contribution in [0.25, 0.3) is 0 Å². The van der Waals surface area contributed by atoms with Gasteiger partial charge < -0.3 is 9.64 Å². The molecule has 3 heterocycles. The van der Waals surface area contributed by atoms with Crippen molar-refractivity contribution in [2.75, 3.05) is 19.7 Å². The third-order valence-corrected chi connectivity index (χ3v) is 4.04. The highest BCUT2D eigenvalue weighted by Gasteiger charge is 2.27. The van der Waals surface area contributed by atoms with Gasteiger partial charge in [-0.15, -0.1) is 0 Å². The zero-order valence-corrected chi connectivity index (χ0v) is 13.5. The van der Waals surface area contributed by atoms with E-state index < -0.39 is 0 Å². The highest BCUT2D eigenvalue weighted by Crippen LogP contribution is 2.20. The van der Waals surface area contributed by atoms with Gasteiger partial charge in [0.15, 0.2) is 5.82 Å². The lowest BCUT2D eigenvalue weighted by Crippen LogP contribution is -2.42. The van der Waals surface area contributed by atoms with E-state index in [4.69, 9.17) is 4.74 Å². The summed E-state index contributed by atoms with van der Waals surface area (Å²) in [4.78, 5) is 23.0. The van der Waals surface area contributed by atoms with Gasteiger partial charge in [-0.1, -0.05) is 0 Å². The van der Waals surface area contributed by atoms with E-state index in [0.717, 1.165) is 11.4 Å². The molecule has 3 rings (SSSR count). The van der Waals surface area contributed by atoms with Gasteiger partial charge in [0, 0.05) is 43.8 Å². The largest absolute Gasteiger partial charge is 0.367 e. The number of hydrogen-bond acceptors (Lipinski definition) is 5. The molecule has 2 aromatic rings. The lowest BCUT2D eigenvalue weighted by atomic mass is 10.2. The number of rotatable bonds is 4. The van der Waals surface area contributed by atoms with Crippen molar-refractivity contribution >= 4 is 5.91 Å². The molecule has 1 amide bonds. The van der Waals surface area contributed by atoms with Crippen molar-refractivity contribution in [2.45, 2.75) is 25.9 Å². The van der Waals surface area contributed by atoms with Gasteiger partial charge in [0.1, 0.15) is 6.10 Å². The zero-order chi connectivity index (χ0) is 16.2. The monoisotopic (exact) mass is 315 g/mol. The van der Waals surface area contributed by atoms with Gasteiger partial charge in [-0.25, -0.2) is 9.97 Å². The Morgan fingerprint density at radius 3 is 3.00 bits per heavy atom. The molecule has 0 N–H and O–H groups in total. The van der Waals surface area contributed by atoms with Gasteiger partial charge in [0.05, 0.1) is 13.2 Å². The molecule has 1 saturated heterocycles. The Hall–Kier alpha value is -2.28. The van der Waals surface area contributed by atoms with Crippen LogP contribution in [0.4, 0.5) is 0 Å². The van der Waals surface area contributed by atoms with Crippen LogP contribution in [0.5, 0.6) is 0 Å². The number of nitrogens with zero attached hydrogens (tertiary/aromatic N) is 5. The molecular weight excluding hydrogens is 294 g/mol. The van der Waals surface area contributed by atoms with Gasteiger partial charge in [-0.05, 0) is 25.5 Å². The third kappa shape index (κ3) is 3.73. The van der Waals surface area contributed by atoms with Crippen LogP contribution in [0, 0.1) is 6.92 Å². The van der Waals surface area contributed by atoms with E-state index in [1.165, 1.54) is 0 Å². The predicted octanol–water partition coefficient (Wildman–Crippen LogP) is 1.05. The molecule has 0 bridgehead atoms. The van der Waals surface area contributed by atoms with Crippen molar-refractivity contribution in [2.24, 2.45) is 7.05 Å². The highest BCUT2D eigenvalue weighted by atomic mass is 16.5. The van der Waals surface area contributed by atoms with Crippen molar-refractivity contribution in [3.05, 3.63) is 41.7 Å². The summed E-state index contributed by atoms with van der Waals surface area (Å²) in [6.45, 7) is 3.56. The minimum atomic E-state index is -0.246. The lowest BCUT2D eigenvalue weighted by molar-refractivity contribution is -0.139. The van der Waals surface area contributed by atoms with Gasteiger partial charge in [-0.3, -0.25) is 9.48 Å². The van der Waals surface area contributed by atoms with Crippen LogP contribution < -0.4 is 0 Å². The molecule has 1 unspecified atom stereocenters. The second-order valence-electron chi connectivity index (χ2n) is 5.70. The van der Waals surface area contributed by atoms with Crippen LogP contribution in [0.2, 0.25) is 0 Å². The van der Waals surface area contributed by atoms with E-state index in [-0.39, 0.29) is 12.0 Å². The Balaban J connectivity index is 1.59. The number of morpholine rings is 1. The number of carbonyl (C=O) groups excluding carboxylic acids is 1. The number of aryl methyl sites for hydroxylation is 3. The lowest BCUT2D eigenvalue weighted by Gasteiger charge is -2.32. The predicted molar refractivity (Wildman–Crippen MR) is 83.6 cm³/mol. The number of aromatic nitrogens is 4. The zero-order valence-electron chi connectivity index (χ0n) is 13.5. The molecule has 0 aliphatic carbocycles. The van der Waals surface area contributed by atoms with Crippen molar-refractivity contribution in [3.63, 3.8) is 0 Å². The van der Waals surface area contributed by atoms with Crippen LogP contribution >= 0.6 is 0 Å². The summed E-state index contributed by atoms with van der Waals surface area (Å²) in [5.74, 6) is 0.779. The molecule has 0 radical (unpaired) electrons. The van der Waals surface area contributed by atoms with E-state index >= 15 is 0 Å². The fourth-order valence-electron chi connectivity index (χ4n) is 2.70. The third-order valence-electron chi connectivity index (χ3n) is 4.04. The van der Waals surface area contributed by atoms with Gasteiger partial charge in [-0.2, -0.15) is 5.10 Å². The summed E-state index contributed by atoms with van der Waals surface area (Å²) in [6, 6.07) is 3.79. The fourth-order valence-corrected chi connectivity index (χ4v) is 2.70. The maximum atomic E-state index is 12.4. The molecule has 1 aliphatic rings. The molecule has 7 heteroatoms. The Kier molecular flexibility index (Phi) is 4.66. The maximum absolute atomic E-state index is 12.4. The van der Waals surface area contributed by atoms with Crippen LogP contribution in [0.3, 0.4) is 0 Å². The normalized spacial score (nSPS) is 18.2. The van der Waals surface area contributed by atoms with Crippen LogP contribution in [0.15, 0.2) is 24.5 Å². The van der Waals surface area contributed by atoms with E-state index in [9.17, 15) is 4.79 Å². The Morgan fingerprint density at radius 2 is 2.26 bits per heavy atom. The summed E-state index contributed by atoms with van der Waals surface area (Å²) in [7, 11) is 1.89. The fraction of sp³-hybridized carbons (Fsp3) is 0.500. The molecule has 23 heavy (non-hydrogen) atoms. The summed E-state index contributed by atoms with van der Waals surface area (Å²) in [5, 5.41) is 4.12. The van der Waals surface area contributed by atoms with E-state index in [2.05, 4.69) is 15.1 Å². The summed E-state index contributed by atoms with van der Waals surface area (Å²) < 4.78 is 7.54. The summed E-state index contributed by atoms with van der Waals surface area (Å²) in [6.07, 6.45) is 4.40. The number of hydrogen-bond donors (Lipinski definition) is 0. The van der Waals surface area contributed by atoms with Gasteiger partial charge in [0.25, 0.3) is 0 Å². The molecule has 7 nitrogen and oxygen atoms in total. The molecule has 2 aromatic heterocycles. The standard InChI is InChI=1S/C16H21N5O2/c1-12-5-7-17-16(19-12)14-11-21(9-10-23-14)15(22)4-3-13-6-8-18-20(13)2/h5-8,14H,3-4,9-11H2,1-2H3. The first-order chi connectivity index (χ1) is 11.1. The molecule has 0 aromatic carbocycles. The second kappa shape index (κ2) is 6.87. The summed E-state index contributed by atoms with van der Waals surface area (Å²) in [5.41, 5.74) is 1.96. The smallest absolute Gasteiger partial charge is 0.223 e. The molecule has 1 atom stereocenters. The number of carbonyl (C=O) groups is 1. The molecule has 122 valence electrons. The molecule has 0 saturated carbocycles. The Labute approximate surface area is 135 Å². The van der Waals surface area contributed by atoms with Gasteiger partial charge in [0.2, 0.25) is 5.91 Å².